The zero-order valence-electron chi connectivity index (χ0n) is 33.8. The van der Waals surface area contributed by atoms with E-state index in [9.17, 15) is 0 Å². The maximum atomic E-state index is 8.91. The Morgan fingerprint density at radius 1 is 0.823 bits per heavy atom. The van der Waals surface area contributed by atoms with Crippen molar-refractivity contribution in [2.45, 2.75) is 45.6 Å². The third-order valence-electron chi connectivity index (χ3n) is 9.13. The first-order chi connectivity index (χ1) is 30.5. The number of hydrogen-bond donors (Lipinski definition) is 2. The second-order valence-electron chi connectivity index (χ2n) is 12.6. The van der Waals surface area contributed by atoms with Crippen LogP contribution in [0.15, 0.2) is 63.6 Å². The Morgan fingerprint density at radius 3 is 1.87 bits per heavy atom. The standard InChI is InChI=1S/C25H29N5O.C25H4.HN5O.12H2/c1-17-23(28-21-6-11-30(24(21)27-17)19-7-14-31-15-8-19)29-12-9-25(10-13-29)16-18-4-2-3-5-20(18)22(25)26;1-3-5-7-9-11-13-15-17-19-21-23-25-24-22-20-18-16-14-12-10-8-6-4-2;1-2-3-4-5-6;;;;;;;;;;;;/h2-7,11,22H,8-10,12-16,26H2,1H3;1H,2H3;1H;12*1H/b;;2-1?,4-3+;;;;;;;;;;;;/t22-;;;;;;;;;;;;;;/m1............../s1. The van der Waals surface area contributed by atoms with Crippen LogP contribution >= 0.6 is 0 Å². The lowest BCUT2D eigenvalue weighted by atomic mass is 9.73. The zero-order chi connectivity index (χ0) is 44.1. The third-order valence-corrected chi connectivity index (χ3v) is 9.13. The Kier molecular flexibility index (Phi) is 19.1. The third kappa shape index (κ3) is 14.0. The minimum Gasteiger partial charge on any atom is -0.377 e. The van der Waals surface area contributed by atoms with E-state index in [0.29, 0.717) is 6.61 Å². The van der Waals surface area contributed by atoms with Gasteiger partial charge in [-0.2, -0.15) is 5.53 Å². The molecule has 12 heteroatoms. The van der Waals surface area contributed by atoms with Gasteiger partial charge in [0.1, 0.15) is 10.8 Å². The summed E-state index contributed by atoms with van der Waals surface area (Å²) in [6, 6.07) is 10.9. The Bertz CT molecular complexity index is 3070. The minimum absolute atomic E-state index is 0. The summed E-state index contributed by atoms with van der Waals surface area (Å²) in [5.74, 6) is 57.9. The van der Waals surface area contributed by atoms with E-state index in [4.69, 9.17) is 37.3 Å². The van der Waals surface area contributed by atoms with Crippen molar-refractivity contribution in [3.63, 3.8) is 0 Å². The van der Waals surface area contributed by atoms with Crippen molar-refractivity contribution in [2.75, 3.05) is 31.2 Å². The number of hydrogen-bond acceptors (Lipinski definition) is 7. The van der Waals surface area contributed by atoms with Crippen molar-refractivity contribution < 1.29 is 21.9 Å². The molecule has 62 heavy (non-hydrogen) atoms. The van der Waals surface area contributed by atoms with Gasteiger partial charge in [-0.05, 0) is 167 Å². The van der Waals surface area contributed by atoms with Crippen LogP contribution in [0.25, 0.3) is 16.9 Å². The van der Waals surface area contributed by atoms with E-state index in [1.54, 1.807) is 6.92 Å². The van der Waals surface area contributed by atoms with Crippen molar-refractivity contribution in [3.8, 4) is 143 Å². The van der Waals surface area contributed by atoms with E-state index in [2.05, 4.69) is 211 Å². The maximum Gasteiger partial charge on any atom is 0.163 e. The first-order valence-electron chi connectivity index (χ1n) is 18.7. The van der Waals surface area contributed by atoms with Crippen LogP contribution < -0.4 is 10.6 Å². The van der Waals surface area contributed by atoms with Gasteiger partial charge in [0.15, 0.2) is 11.5 Å². The number of rotatable bonds is 4. The molecule has 6 rings (SSSR count). The lowest BCUT2D eigenvalue weighted by Gasteiger charge is -2.42. The molecule has 3 aliphatic rings. The van der Waals surface area contributed by atoms with Crippen LogP contribution in [0.4, 0.5) is 5.82 Å². The van der Waals surface area contributed by atoms with Gasteiger partial charge in [-0.1, -0.05) is 30.2 Å². The number of nitrogens with two attached hydrogens (primary N) is 1. The number of nitrogens with one attached hydrogen (secondary N) is 1. The van der Waals surface area contributed by atoms with Crippen molar-refractivity contribution in [2.24, 2.45) is 32.1 Å². The SMILES string of the molecule is C#CC#CC#CC#CC#CC#CC#CC#CC#CC#CC#CC#CC.Cc1nc2c(ccn2C2=CCOCC2)nc1N1CCC2(CC1)Cc1ccccc1[C@H]2N.N=N/N=N/N=O.[HH].[HH].[HH].[HH].[HH].[HH].[HH].[HH].[HH].[HH].[HH].[HH]. The van der Waals surface area contributed by atoms with E-state index in [-0.39, 0.29) is 28.6 Å². The summed E-state index contributed by atoms with van der Waals surface area (Å²) in [7, 11) is 0. The molecule has 2 aliphatic heterocycles. The van der Waals surface area contributed by atoms with Gasteiger partial charge in [-0.3, -0.25) is 0 Å². The molecule has 0 saturated carbocycles. The smallest absolute Gasteiger partial charge is 0.163 e. The monoisotopic (exact) mass is 830 g/mol. The highest BCUT2D eigenvalue weighted by atomic mass is 16.5. The fourth-order valence-corrected chi connectivity index (χ4v) is 6.48. The Morgan fingerprint density at radius 2 is 1.39 bits per heavy atom. The van der Waals surface area contributed by atoms with Gasteiger partial charge in [-0.25, -0.2) is 9.97 Å². The maximum absolute atomic E-state index is 8.91. The van der Waals surface area contributed by atoms with Crippen LogP contribution in [-0.2, 0) is 11.2 Å². The fourth-order valence-electron chi connectivity index (χ4n) is 6.48. The molecule has 2 aromatic heterocycles. The van der Waals surface area contributed by atoms with E-state index in [1.807, 2.05) is 5.29 Å². The molecule has 4 heterocycles. The molecule has 3 aromatic rings. The van der Waals surface area contributed by atoms with E-state index < -0.39 is 0 Å². The number of piperidine rings is 1. The molecule has 1 aliphatic carbocycles. The molecule has 0 amide bonds. The second kappa shape index (κ2) is 25.9. The molecular formula is C50H58N10O2. The quantitative estimate of drug-likeness (QED) is 0.116. The van der Waals surface area contributed by atoms with E-state index in [0.717, 1.165) is 68.1 Å². The van der Waals surface area contributed by atoms with Gasteiger partial charge in [0.25, 0.3) is 0 Å². The van der Waals surface area contributed by atoms with Crippen LogP contribution in [0.5, 0.6) is 0 Å². The predicted octanol–water partition coefficient (Wildman–Crippen LogP) is 8.54. The number of fused-ring (bicyclic) bond motifs is 2. The van der Waals surface area contributed by atoms with Crippen molar-refractivity contribution in [1.29, 1.82) is 5.53 Å². The highest BCUT2D eigenvalue weighted by Gasteiger charge is 2.46. The number of benzene rings is 1. The minimum atomic E-state index is 0. The Labute approximate surface area is 380 Å². The number of terminal acetylenes is 1. The van der Waals surface area contributed by atoms with Gasteiger partial charge in [0, 0.05) is 95.3 Å². The average molecular weight is 831 g/mol. The number of aromatic nitrogens is 3. The zero-order valence-corrected chi connectivity index (χ0v) is 33.8. The molecule has 1 fully saturated rings. The topological polar surface area (TPSA) is 160 Å². The summed E-state index contributed by atoms with van der Waals surface area (Å²) in [6.45, 7) is 7.16. The van der Waals surface area contributed by atoms with Crippen molar-refractivity contribution in [1.82, 2.24) is 14.5 Å². The Hall–Kier alpha value is -9.18. The molecular weight excluding hydrogens is 773 g/mol. The molecule has 320 valence electrons. The lowest BCUT2D eigenvalue weighted by Crippen LogP contribution is -2.44. The normalized spacial score (nSPS) is 13.7. The summed E-state index contributed by atoms with van der Waals surface area (Å²) in [6.07, 6.45) is 13.3. The number of nitroso groups, excluding NO2 is 1. The van der Waals surface area contributed by atoms with Crippen LogP contribution in [0.2, 0.25) is 0 Å². The number of anilines is 1. The average Bonchev–Trinajstić information content (AvgIpc) is 3.84. The number of nitrogens with zero attached hydrogens (tertiary/aromatic N) is 8. The second-order valence-corrected chi connectivity index (χ2v) is 12.6. The van der Waals surface area contributed by atoms with E-state index in [1.165, 1.54) is 16.8 Å². The van der Waals surface area contributed by atoms with Gasteiger partial charge >= 0.3 is 0 Å². The number of ether oxygens (including phenoxy) is 1. The van der Waals surface area contributed by atoms with Crippen molar-refractivity contribution in [3.05, 3.63) is 64.3 Å². The molecule has 1 aromatic carbocycles. The molecule has 1 atom stereocenters. The summed E-state index contributed by atoms with van der Waals surface area (Å²) >= 11 is 0. The van der Waals surface area contributed by atoms with E-state index >= 15 is 0 Å². The Balaban J connectivity index is -0.000000130. The van der Waals surface area contributed by atoms with Gasteiger partial charge in [-0.15, -0.1) is 11.3 Å². The predicted molar refractivity (Wildman–Crippen MR) is 264 cm³/mol. The van der Waals surface area contributed by atoms with Crippen LogP contribution in [0, 0.1) is 165 Å². The molecule has 1 spiro atoms. The summed E-state index contributed by atoms with van der Waals surface area (Å²) in [5, 5.41) is 9.22. The first-order valence-corrected chi connectivity index (χ1v) is 18.7. The molecule has 1 saturated heterocycles. The molecule has 0 radical (unpaired) electrons. The largest absolute Gasteiger partial charge is 0.377 e. The lowest BCUT2D eigenvalue weighted by molar-refractivity contribution is 0.160. The first kappa shape index (κ1) is 45.5. The van der Waals surface area contributed by atoms with Crippen LogP contribution in [-0.4, -0.2) is 40.8 Å². The fraction of sp³-hybridized carbons (Fsp3) is 0.240. The van der Waals surface area contributed by atoms with Gasteiger partial charge in [0.05, 0.1) is 18.9 Å². The highest BCUT2D eigenvalue weighted by Crippen LogP contribution is 2.51. The van der Waals surface area contributed by atoms with Crippen LogP contribution in [0.1, 0.15) is 66.2 Å². The number of aryl methyl sites for hydroxylation is 1. The van der Waals surface area contributed by atoms with Crippen LogP contribution in [0.3, 0.4) is 0 Å². The molecule has 0 bridgehead atoms. The molecule has 3 N–H and O–H groups in total. The highest BCUT2D eigenvalue weighted by molar-refractivity contribution is 5.78. The van der Waals surface area contributed by atoms with Gasteiger partial charge in [0.2, 0.25) is 0 Å². The summed E-state index contributed by atoms with van der Waals surface area (Å²) < 4.78 is 7.63. The molecule has 12 nitrogen and oxygen atoms in total. The summed E-state index contributed by atoms with van der Waals surface area (Å²) in [4.78, 5) is 21.3. The van der Waals surface area contributed by atoms with Crippen molar-refractivity contribution >= 4 is 22.7 Å². The summed E-state index contributed by atoms with van der Waals surface area (Å²) in [5.41, 5.74) is 19.7. The van der Waals surface area contributed by atoms with Gasteiger partial charge < -0.3 is 19.9 Å². The molecule has 0 unspecified atom stereocenters.